The average molecular weight is 282 g/mol. The number of likely N-dealkylation sites (N-methyl/N-ethyl adjacent to an activating group) is 1. The van der Waals surface area contributed by atoms with E-state index in [9.17, 15) is 0 Å². The monoisotopic (exact) mass is 282 g/mol. The van der Waals surface area contributed by atoms with Gasteiger partial charge >= 0.3 is 0 Å². The van der Waals surface area contributed by atoms with E-state index in [1.165, 1.54) is 11.1 Å². The molecular weight excluding hydrogens is 256 g/mol. The molecule has 1 heterocycles. The molecule has 1 aromatic carbocycles. The summed E-state index contributed by atoms with van der Waals surface area (Å²) in [5.41, 5.74) is 2.21. The second-order valence-corrected chi connectivity index (χ2v) is 5.71. The molecule has 0 bridgehead atoms. The van der Waals surface area contributed by atoms with Gasteiger partial charge in [-0.05, 0) is 42.3 Å². The highest BCUT2D eigenvalue weighted by Crippen LogP contribution is 2.31. The normalized spacial score (nSPS) is 21.7. The van der Waals surface area contributed by atoms with Gasteiger partial charge < -0.3 is 0 Å². The van der Waals surface area contributed by atoms with Gasteiger partial charge in [0.05, 0.1) is 0 Å². The summed E-state index contributed by atoms with van der Waals surface area (Å²) in [6, 6.07) is 10.5. The summed E-state index contributed by atoms with van der Waals surface area (Å²) in [7, 11) is 0. The highest BCUT2D eigenvalue weighted by atomic mass is 15.3. The topological polar surface area (TPSA) is 15.6 Å². The van der Waals surface area contributed by atoms with Crippen LogP contribution >= 0.6 is 0 Å². The van der Waals surface area contributed by atoms with Crippen LogP contribution in [0.5, 0.6) is 0 Å². The Labute approximate surface area is 128 Å². The summed E-state index contributed by atoms with van der Waals surface area (Å²) >= 11 is 0. The minimum absolute atomic E-state index is 0.240. The first-order valence-corrected chi connectivity index (χ1v) is 7.89. The van der Waals surface area contributed by atoms with Gasteiger partial charge in [-0.2, -0.15) is 0 Å². The van der Waals surface area contributed by atoms with Crippen molar-refractivity contribution in [2.45, 2.75) is 33.4 Å². The van der Waals surface area contributed by atoms with Gasteiger partial charge in [-0.1, -0.05) is 64.1 Å². The molecule has 1 aliphatic rings. The van der Waals surface area contributed by atoms with E-state index in [4.69, 9.17) is 4.99 Å². The second-order valence-electron chi connectivity index (χ2n) is 5.71. The Balaban J connectivity index is 2.38. The Bertz CT molecular complexity index is 536. The Morgan fingerprint density at radius 2 is 1.76 bits per heavy atom. The molecule has 1 aromatic rings. The van der Waals surface area contributed by atoms with E-state index in [-0.39, 0.29) is 5.66 Å². The molecule has 112 valence electrons. The average Bonchev–Trinajstić information content (AvgIpc) is 2.73. The molecule has 0 saturated carbocycles. The summed E-state index contributed by atoms with van der Waals surface area (Å²) in [5.74, 6) is 0.424. The number of allylic oxidation sites excluding steroid dienone is 3. The van der Waals surface area contributed by atoms with Crippen molar-refractivity contribution in [2.24, 2.45) is 10.9 Å². The van der Waals surface area contributed by atoms with Crippen LogP contribution in [-0.4, -0.2) is 29.9 Å². The number of aliphatic imine (C=N–C) groups is 1. The molecule has 0 aromatic heterocycles. The highest BCUT2D eigenvalue weighted by molar-refractivity contribution is 5.89. The van der Waals surface area contributed by atoms with E-state index in [0.717, 1.165) is 13.1 Å². The first-order valence-electron chi connectivity index (χ1n) is 7.89. The van der Waals surface area contributed by atoms with Crippen LogP contribution < -0.4 is 0 Å². The Hall–Kier alpha value is -1.67. The molecular formula is C19H26N2. The number of benzene rings is 1. The third-order valence-electron chi connectivity index (χ3n) is 4.27. The van der Waals surface area contributed by atoms with Gasteiger partial charge in [-0.15, -0.1) is 0 Å². The maximum absolute atomic E-state index is 4.91. The van der Waals surface area contributed by atoms with Crippen molar-refractivity contribution in [2.75, 3.05) is 13.1 Å². The van der Waals surface area contributed by atoms with E-state index in [0.29, 0.717) is 5.92 Å². The lowest BCUT2D eigenvalue weighted by Crippen LogP contribution is -2.49. The maximum Gasteiger partial charge on any atom is 0.134 e. The fourth-order valence-corrected chi connectivity index (χ4v) is 2.99. The number of rotatable bonds is 5. The van der Waals surface area contributed by atoms with Crippen molar-refractivity contribution in [1.29, 1.82) is 0 Å². The van der Waals surface area contributed by atoms with Crippen molar-refractivity contribution in [3.8, 4) is 0 Å². The predicted octanol–water partition coefficient (Wildman–Crippen LogP) is 4.40. The number of hydrogen-bond donors (Lipinski definition) is 0. The van der Waals surface area contributed by atoms with Gasteiger partial charge in [0.2, 0.25) is 0 Å². The largest absolute Gasteiger partial charge is 0.276 e. The summed E-state index contributed by atoms with van der Waals surface area (Å²) in [6.07, 6.45) is 8.58. The molecule has 21 heavy (non-hydrogen) atoms. The van der Waals surface area contributed by atoms with Crippen molar-refractivity contribution in [3.63, 3.8) is 0 Å². The van der Waals surface area contributed by atoms with Crippen molar-refractivity contribution in [3.05, 3.63) is 54.1 Å². The zero-order chi connectivity index (χ0) is 15.3. The third-order valence-corrected chi connectivity index (χ3v) is 4.27. The van der Waals surface area contributed by atoms with Gasteiger partial charge in [0.15, 0.2) is 0 Å². The standard InChI is InChI=1S/C19H26N2/c1-5-21(6-2)19(16(3)4)14-12-18(13-15-20-19)17-10-8-7-9-11-17/h7-16H,5-6H2,1-4H3/t19-/m1/s1. The van der Waals surface area contributed by atoms with E-state index in [1.54, 1.807) is 0 Å². The van der Waals surface area contributed by atoms with Crippen molar-refractivity contribution in [1.82, 2.24) is 4.90 Å². The Morgan fingerprint density at radius 1 is 1.10 bits per heavy atom. The lowest BCUT2D eigenvalue weighted by Gasteiger charge is -2.40. The summed E-state index contributed by atoms with van der Waals surface area (Å²) in [5, 5.41) is 0. The van der Waals surface area contributed by atoms with Crippen molar-refractivity contribution < 1.29 is 0 Å². The van der Waals surface area contributed by atoms with E-state index < -0.39 is 0 Å². The predicted molar refractivity (Wildman–Crippen MR) is 92.5 cm³/mol. The SMILES string of the molecule is CCN(CC)[C@@]1(C(C)C)C=CC(c2ccccc2)=CC=N1. The maximum atomic E-state index is 4.91. The Morgan fingerprint density at radius 3 is 2.33 bits per heavy atom. The molecule has 2 nitrogen and oxygen atoms in total. The lowest BCUT2D eigenvalue weighted by molar-refractivity contribution is 0.107. The molecule has 2 rings (SSSR count). The molecule has 0 aliphatic carbocycles. The van der Waals surface area contributed by atoms with Crippen LogP contribution in [0.25, 0.3) is 5.57 Å². The fourth-order valence-electron chi connectivity index (χ4n) is 2.99. The minimum atomic E-state index is -0.240. The van der Waals surface area contributed by atoms with Gasteiger partial charge in [-0.3, -0.25) is 9.89 Å². The molecule has 0 spiro atoms. The Kier molecular flexibility index (Phi) is 5.13. The number of nitrogens with zero attached hydrogens (tertiary/aromatic N) is 2. The summed E-state index contributed by atoms with van der Waals surface area (Å²) in [4.78, 5) is 7.33. The molecule has 2 heteroatoms. The molecule has 0 N–H and O–H groups in total. The first kappa shape index (κ1) is 15.7. The summed E-state index contributed by atoms with van der Waals surface area (Å²) < 4.78 is 0. The van der Waals surface area contributed by atoms with E-state index >= 15 is 0 Å². The highest BCUT2D eigenvalue weighted by Gasteiger charge is 2.35. The number of hydrogen-bond acceptors (Lipinski definition) is 2. The van der Waals surface area contributed by atoms with Crippen LogP contribution in [0, 0.1) is 5.92 Å². The van der Waals surface area contributed by atoms with Gasteiger partial charge in [-0.25, -0.2) is 0 Å². The quantitative estimate of drug-likeness (QED) is 0.781. The van der Waals surface area contributed by atoms with Crippen LogP contribution in [0.2, 0.25) is 0 Å². The molecule has 0 amide bonds. The molecule has 1 atom stereocenters. The van der Waals surface area contributed by atoms with E-state index in [1.807, 2.05) is 12.3 Å². The zero-order valence-corrected chi connectivity index (χ0v) is 13.6. The smallest absolute Gasteiger partial charge is 0.134 e. The molecule has 0 radical (unpaired) electrons. The fraction of sp³-hybridized carbons (Fsp3) is 0.421. The van der Waals surface area contributed by atoms with Crippen LogP contribution in [0.15, 0.2) is 53.6 Å². The molecule has 0 unspecified atom stereocenters. The second kappa shape index (κ2) is 6.86. The summed E-state index contributed by atoms with van der Waals surface area (Å²) in [6.45, 7) is 10.9. The van der Waals surface area contributed by atoms with Crippen LogP contribution in [-0.2, 0) is 0 Å². The first-order chi connectivity index (χ1) is 10.1. The van der Waals surface area contributed by atoms with Crippen molar-refractivity contribution >= 4 is 11.8 Å². The van der Waals surface area contributed by atoms with Crippen LogP contribution in [0.3, 0.4) is 0 Å². The zero-order valence-electron chi connectivity index (χ0n) is 13.6. The molecule has 1 aliphatic heterocycles. The van der Waals surface area contributed by atoms with E-state index in [2.05, 4.69) is 75.1 Å². The van der Waals surface area contributed by atoms with Gasteiger partial charge in [0.1, 0.15) is 5.66 Å². The van der Waals surface area contributed by atoms with Gasteiger partial charge in [0.25, 0.3) is 0 Å². The minimum Gasteiger partial charge on any atom is -0.276 e. The molecule has 0 saturated heterocycles. The lowest BCUT2D eigenvalue weighted by atomic mass is 9.92. The van der Waals surface area contributed by atoms with Crippen LogP contribution in [0.1, 0.15) is 33.3 Å². The van der Waals surface area contributed by atoms with Crippen LogP contribution in [0.4, 0.5) is 0 Å². The van der Waals surface area contributed by atoms with Gasteiger partial charge in [0, 0.05) is 6.21 Å². The third kappa shape index (κ3) is 3.16. The molecule has 0 fully saturated rings.